The molecule has 0 aliphatic rings. The average Bonchev–Trinajstić information content (AvgIpc) is 2.16. The van der Waals surface area contributed by atoms with E-state index in [1.165, 1.54) is 0 Å². The first-order valence-electron chi connectivity index (χ1n) is 4.94. The average molecular weight is 210 g/mol. The monoisotopic (exact) mass is 210 g/mol. The molecule has 0 saturated heterocycles. The molecule has 15 heavy (non-hydrogen) atoms. The molecule has 6 nitrogen and oxygen atoms in total. The van der Waals surface area contributed by atoms with E-state index in [1.807, 2.05) is 0 Å². The second kappa shape index (κ2) is 5.35. The number of hydrogen-bond acceptors (Lipinski definition) is 6. The van der Waals surface area contributed by atoms with Crippen LogP contribution in [0.15, 0.2) is 6.07 Å². The summed E-state index contributed by atoms with van der Waals surface area (Å²) in [6.45, 7) is 4.89. The molecule has 1 aromatic rings. The van der Waals surface area contributed by atoms with Crippen LogP contribution in [0, 0.1) is 0 Å². The van der Waals surface area contributed by atoms with Crippen molar-refractivity contribution in [1.29, 1.82) is 0 Å². The molecule has 6 heteroatoms. The molecule has 0 radical (unpaired) electrons. The fourth-order valence-corrected chi connectivity index (χ4v) is 1.11. The second-order valence-corrected chi connectivity index (χ2v) is 3.36. The first kappa shape index (κ1) is 11.5. The van der Waals surface area contributed by atoms with Crippen molar-refractivity contribution in [2.45, 2.75) is 6.92 Å². The highest BCUT2D eigenvalue weighted by Crippen LogP contribution is 2.08. The Hall–Kier alpha value is -1.56. The van der Waals surface area contributed by atoms with Gasteiger partial charge in [-0.3, -0.25) is 0 Å². The third kappa shape index (κ3) is 3.99. The summed E-state index contributed by atoms with van der Waals surface area (Å²) in [5.41, 5.74) is 11.0. The highest BCUT2D eigenvalue weighted by Gasteiger charge is 1.99. The molecule has 0 bridgehead atoms. The van der Waals surface area contributed by atoms with Gasteiger partial charge in [0.25, 0.3) is 0 Å². The van der Waals surface area contributed by atoms with E-state index in [0.29, 0.717) is 11.6 Å². The highest BCUT2D eigenvalue weighted by molar-refractivity contribution is 5.48. The van der Waals surface area contributed by atoms with E-state index < -0.39 is 0 Å². The molecular formula is C9H18N6. The van der Waals surface area contributed by atoms with E-state index in [2.05, 4.69) is 34.2 Å². The maximum atomic E-state index is 5.54. The number of nitrogens with one attached hydrogen (secondary N) is 1. The van der Waals surface area contributed by atoms with Crippen LogP contribution in [0.2, 0.25) is 0 Å². The number of rotatable bonds is 5. The van der Waals surface area contributed by atoms with Crippen LogP contribution in [0.5, 0.6) is 0 Å². The van der Waals surface area contributed by atoms with E-state index in [4.69, 9.17) is 11.5 Å². The quantitative estimate of drug-likeness (QED) is 0.633. The fraction of sp³-hybridized carbons (Fsp3) is 0.556. The van der Waals surface area contributed by atoms with Gasteiger partial charge in [-0.1, -0.05) is 6.92 Å². The number of nitrogens with two attached hydrogens (primary N) is 2. The van der Waals surface area contributed by atoms with Crippen LogP contribution in [-0.4, -0.2) is 41.5 Å². The van der Waals surface area contributed by atoms with E-state index in [-0.39, 0.29) is 5.95 Å². The first-order valence-corrected chi connectivity index (χ1v) is 4.94. The van der Waals surface area contributed by atoms with Gasteiger partial charge < -0.3 is 21.7 Å². The summed E-state index contributed by atoms with van der Waals surface area (Å²) in [5, 5.41) is 3.14. The Balaban J connectivity index is 2.43. The third-order valence-electron chi connectivity index (χ3n) is 2.10. The predicted octanol–water partition coefficient (Wildman–Crippen LogP) is 0.00460. The third-order valence-corrected chi connectivity index (χ3v) is 2.10. The van der Waals surface area contributed by atoms with Crippen LogP contribution in [0.4, 0.5) is 17.6 Å². The van der Waals surface area contributed by atoms with E-state index in [1.54, 1.807) is 6.07 Å². The second-order valence-electron chi connectivity index (χ2n) is 3.36. The van der Waals surface area contributed by atoms with E-state index in [9.17, 15) is 0 Å². The van der Waals surface area contributed by atoms with Crippen molar-refractivity contribution >= 4 is 17.6 Å². The summed E-state index contributed by atoms with van der Waals surface area (Å²) >= 11 is 0. The van der Waals surface area contributed by atoms with Gasteiger partial charge in [-0.25, -0.2) is 0 Å². The van der Waals surface area contributed by atoms with Crippen LogP contribution in [-0.2, 0) is 0 Å². The Morgan fingerprint density at radius 2 is 2.13 bits per heavy atom. The molecule has 0 spiro atoms. The molecule has 0 atom stereocenters. The lowest BCUT2D eigenvalue weighted by Gasteiger charge is -2.14. The van der Waals surface area contributed by atoms with Gasteiger partial charge in [-0.15, -0.1) is 0 Å². The molecule has 0 aromatic carbocycles. The van der Waals surface area contributed by atoms with Gasteiger partial charge >= 0.3 is 0 Å². The van der Waals surface area contributed by atoms with Gasteiger partial charge in [0.2, 0.25) is 5.95 Å². The molecule has 1 rings (SSSR count). The lowest BCUT2D eigenvalue weighted by Crippen LogP contribution is -2.25. The first-order chi connectivity index (χ1) is 7.11. The standard InChI is InChI=1S/C9H18N6/c1-3-15(2)5-4-12-8-6-7(10)13-9(11)14-8/h6H,3-5H2,1-2H3,(H5,10,11,12,13,14). The van der Waals surface area contributed by atoms with Crippen LogP contribution >= 0.6 is 0 Å². The van der Waals surface area contributed by atoms with Crippen molar-refractivity contribution in [2.24, 2.45) is 0 Å². The van der Waals surface area contributed by atoms with Crippen LogP contribution < -0.4 is 16.8 Å². The number of hydrogen-bond donors (Lipinski definition) is 3. The Bertz CT molecular complexity index is 293. The minimum atomic E-state index is 0.196. The van der Waals surface area contributed by atoms with Gasteiger partial charge in [0.05, 0.1) is 0 Å². The highest BCUT2D eigenvalue weighted by atomic mass is 15.1. The number of anilines is 3. The van der Waals surface area contributed by atoms with Crippen molar-refractivity contribution < 1.29 is 0 Å². The lowest BCUT2D eigenvalue weighted by molar-refractivity contribution is 0.367. The zero-order chi connectivity index (χ0) is 11.3. The minimum Gasteiger partial charge on any atom is -0.383 e. The molecule has 0 amide bonds. The van der Waals surface area contributed by atoms with Crippen LogP contribution in [0.3, 0.4) is 0 Å². The Kier molecular flexibility index (Phi) is 4.11. The predicted molar refractivity (Wildman–Crippen MR) is 62.5 cm³/mol. The zero-order valence-electron chi connectivity index (χ0n) is 9.20. The fourth-order valence-electron chi connectivity index (χ4n) is 1.11. The summed E-state index contributed by atoms with van der Waals surface area (Å²) in [7, 11) is 2.06. The maximum Gasteiger partial charge on any atom is 0.223 e. The Morgan fingerprint density at radius 1 is 1.40 bits per heavy atom. The molecule has 1 heterocycles. The molecule has 5 N–H and O–H groups in total. The Morgan fingerprint density at radius 3 is 2.73 bits per heavy atom. The number of likely N-dealkylation sites (N-methyl/N-ethyl adjacent to an activating group) is 1. The summed E-state index contributed by atoms with van der Waals surface area (Å²) in [6, 6.07) is 1.67. The van der Waals surface area contributed by atoms with Crippen molar-refractivity contribution in [3.63, 3.8) is 0 Å². The van der Waals surface area contributed by atoms with E-state index >= 15 is 0 Å². The van der Waals surface area contributed by atoms with E-state index in [0.717, 1.165) is 19.6 Å². The maximum absolute atomic E-state index is 5.54. The molecule has 0 aliphatic heterocycles. The number of nitrogen functional groups attached to an aromatic ring is 2. The van der Waals surface area contributed by atoms with Crippen molar-refractivity contribution in [3.8, 4) is 0 Å². The summed E-state index contributed by atoms with van der Waals surface area (Å²) in [4.78, 5) is 10.00. The lowest BCUT2D eigenvalue weighted by atomic mass is 10.5. The molecule has 84 valence electrons. The van der Waals surface area contributed by atoms with Gasteiger partial charge in [-0.2, -0.15) is 9.97 Å². The van der Waals surface area contributed by atoms with Crippen molar-refractivity contribution in [2.75, 3.05) is 43.5 Å². The van der Waals surface area contributed by atoms with Gasteiger partial charge in [0.1, 0.15) is 11.6 Å². The number of nitrogens with zero attached hydrogens (tertiary/aromatic N) is 3. The summed E-state index contributed by atoms with van der Waals surface area (Å²) in [6.07, 6.45) is 0. The van der Waals surface area contributed by atoms with Gasteiger partial charge in [0, 0.05) is 19.2 Å². The molecule has 0 fully saturated rings. The summed E-state index contributed by atoms with van der Waals surface area (Å²) < 4.78 is 0. The van der Waals surface area contributed by atoms with Gasteiger partial charge in [-0.05, 0) is 13.6 Å². The number of aromatic nitrogens is 2. The smallest absolute Gasteiger partial charge is 0.223 e. The van der Waals surface area contributed by atoms with Crippen LogP contribution in [0.25, 0.3) is 0 Å². The minimum absolute atomic E-state index is 0.196. The SMILES string of the molecule is CCN(C)CCNc1cc(N)nc(N)n1. The topological polar surface area (TPSA) is 93.1 Å². The molecule has 0 saturated carbocycles. The van der Waals surface area contributed by atoms with Crippen molar-refractivity contribution in [1.82, 2.24) is 14.9 Å². The molecule has 0 unspecified atom stereocenters. The van der Waals surface area contributed by atoms with Crippen LogP contribution in [0.1, 0.15) is 6.92 Å². The molecule has 1 aromatic heterocycles. The molecular weight excluding hydrogens is 192 g/mol. The Labute approximate surface area is 89.7 Å². The van der Waals surface area contributed by atoms with Crippen molar-refractivity contribution in [3.05, 3.63) is 6.07 Å². The summed E-state index contributed by atoms with van der Waals surface area (Å²) in [5.74, 6) is 1.25. The largest absolute Gasteiger partial charge is 0.383 e. The normalized spacial score (nSPS) is 10.6. The zero-order valence-corrected chi connectivity index (χ0v) is 9.20. The van der Waals surface area contributed by atoms with Gasteiger partial charge in [0.15, 0.2) is 0 Å². The molecule has 0 aliphatic carbocycles.